The molecule has 204 valence electrons. The Hall–Kier alpha value is -4.89. The van der Waals surface area contributed by atoms with Gasteiger partial charge in [0.05, 0.1) is 11.0 Å². The van der Waals surface area contributed by atoms with Crippen LogP contribution in [-0.2, 0) is 0 Å². The third-order valence-electron chi connectivity index (χ3n) is 8.92. The van der Waals surface area contributed by atoms with Crippen LogP contribution in [0.1, 0.15) is 38.1 Å². The highest BCUT2D eigenvalue weighted by Gasteiger charge is 2.25. The average Bonchev–Trinajstić information content (AvgIpc) is 3.48. The third kappa shape index (κ3) is 4.16. The summed E-state index contributed by atoms with van der Waals surface area (Å²) in [5.74, 6) is 1.08. The summed E-state index contributed by atoms with van der Waals surface area (Å²) in [6, 6.07) is 48.3. The first kappa shape index (κ1) is 24.9. The zero-order valence-corrected chi connectivity index (χ0v) is 23.7. The Balaban J connectivity index is 1.34. The van der Waals surface area contributed by atoms with Crippen molar-refractivity contribution in [2.45, 2.75) is 38.1 Å². The predicted molar refractivity (Wildman–Crippen MR) is 177 cm³/mol. The number of fused-ring (bicyclic) bond motifs is 6. The topological polar surface area (TPSA) is 21.1 Å². The molecular formula is C39H33N3. The fraction of sp³-hybridized carbons (Fsp3) is 0.154. The zero-order valence-electron chi connectivity index (χ0n) is 23.7. The molecule has 0 spiro atoms. The summed E-state index contributed by atoms with van der Waals surface area (Å²) in [6.07, 6.45) is 6.28. The molecule has 1 aromatic heterocycles. The Bertz CT molecular complexity index is 1960. The van der Waals surface area contributed by atoms with Gasteiger partial charge < -0.3 is 9.47 Å². The van der Waals surface area contributed by atoms with E-state index in [9.17, 15) is 0 Å². The van der Waals surface area contributed by atoms with Gasteiger partial charge in [-0.25, -0.2) is 4.98 Å². The van der Waals surface area contributed by atoms with Gasteiger partial charge in [0.25, 0.3) is 0 Å². The highest BCUT2D eigenvalue weighted by atomic mass is 15.1. The second-order valence-electron chi connectivity index (χ2n) is 11.4. The van der Waals surface area contributed by atoms with Crippen molar-refractivity contribution in [3.63, 3.8) is 0 Å². The molecule has 0 bridgehead atoms. The van der Waals surface area contributed by atoms with E-state index in [-0.39, 0.29) is 0 Å². The first-order valence-corrected chi connectivity index (χ1v) is 15.2. The van der Waals surface area contributed by atoms with Gasteiger partial charge in [0.2, 0.25) is 0 Å². The van der Waals surface area contributed by atoms with Crippen molar-refractivity contribution < 1.29 is 0 Å². The number of hydrogen-bond acceptors (Lipinski definition) is 2. The molecule has 0 aliphatic heterocycles. The monoisotopic (exact) mass is 543 g/mol. The molecule has 42 heavy (non-hydrogen) atoms. The molecule has 0 unspecified atom stereocenters. The summed E-state index contributed by atoms with van der Waals surface area (Å²) in [5.41, 5.74) is 6.98. The van der Waals surface area contributed by atoms with Crippen LogP contribution in [0.5, 0.6) is 0 Å². The zero-order chi connectivity index (χ0) is 27.9. The van der Waals surface area contributed by atoms with Crippen molar-refractivity contribution in [3.05, 3.63) is 133 Å². The Labute approximate surface area is 246 Å². The molecule has 6 aromatic carbocycles. The summed E-state index contributed by atoms with van der Waals surface area (Å²) >= 11 is 0. The van der Waals surface area contributed by atoms with Crippen LogP contribution in [0.2, 0.25) is 0 Å². The SMILES string of the molecule is c1ccc(N(c2ccccc2)c2ccc(-c3nc4c5ccccc5c5ccccc5c4n3C3CCCCC3)cc2)cc1. The fourth-order valence-electron chi connectivity index (χ4n) is 6.99. The van der Waals surface area contributed by atoms with Gasteiger partial charge in [-0.2, -0.15) is 0 Å². The average molecular weight is 544 g/mol. The van der Waals surface area contributed by atoms with E-state index in [1.54, 1.807) is 0 Å². The van der Waals surface area contributed by atoms with Crippen LogP contribution in [0.4, 0.5) is 17.1 Å². The maximum atomic E-state index is 5.48. The molecule has 0 radical (unpaired) electrons. The van der Waals surface area contributed by atoms with Gasteiger partial charge >= 0.3 is 0 Å². The Kier molecular flexibility index (Phi) is 6.22. The molecule has 0 saturated heterocycles. The van der Waals surface area contributed by atoms with Crippen molar-refractivity contribution in [3.8, 4) is 11.4 Å². The lowest BCUT2D eigenvalue weighted by atomic mass is 9.94. The van der Waals surface area contributed by atoms with Gasteiger partial charge in [0, 0.05) is 39.4 Å². The molecule has 0 atom stereocenters. The van der Waals surface area contributed by atoms with E-state index in [2.05, 4.69) is 143 Å². The number of para-hydroxylation sites is 2. The first-order chi connectivity index (χ1) is 20.9. The highest BCUT2D eigenvalue weighted by Crippen LogP contribution is 2.42. The molecular weight excluding hydrogens is 510 g/mol. The number of nitrogens with zero attached hydrogens (tertiary/aromatic N) is 3. The molecule has 1 aliphatic carbocycles. The standard InChI is InChI=1S/C39H33N3/c1-4-14-29(15-5-1)41(30-16-6-2-7-17-30)32-26-24-28(25-27-32)39-40-37-35-22-12-10-20-33(35)34-21-11-13-23-36(34)38(37)42(39)31-18-8-3-9-19-31/h1-2,4-7,10-17,20-27,31H,3,8-9,18-19H2. The van der Waals surface area contributed by atoms with Gasteiger partial charge in [-0.15, -0.1) is 0 Å². The number of benzene rings is 6. The van der Waals surface area contributed by atoms with E-state index in [1.165, 1.54) is 59.2 Å². The molecule has 0 N–H and O–H groups in total. The Morgan fingerprint density at radius 3 is 1.62 bits per heavy atom. The normalized spacial score (nSPS) is 14.1. The molecule has 1 fully saturated rings. The molecule has 1 heterocycles. The molecule has 3 heteroatoms. The second kappa shape index (κ2) is 10.5. The van der Waals surface area contributed by atoms with Crippen molar-refractivity contribution >= 4 is 49.6 Å². The Morgan fingerprint density at radius 2 is 1.00 bits per heavy atom. The maximum Gasteiger partial charge on any atom is 0.141 e. The minimum atomic E-state index is 0.452. The highest BCUT2D eigenvalue weighted by molar-refractivity contribution is 6.23. The molecule has 3 nitrogen and oxygen atoms in total. The van der Waals surface area contributed by atoms with Gasteiger partial charge in [0.15, 0.2) is 0 Å². The minimum Gasteiger partial charge on any atom is -0.320 e. The van der Waals surface area contributed by atoms with E-state index in [0.29, 0.717) is 6.04 Å². The fourth-order valence-corrected chi connectivity index (χ4v) is 6.99. The lowest BCUT2D eigenvalue weighted by Crippen LogP contribution is -2.14. The molecule has 1 saturated carbocycles. The van der Waals surface area contributed by atoms with E-state index >= 15 is 0 Å². The summed E-state index contributed by atoms with van der Waals surface area (Å²) in [7, 11) is 0. The number of rotatable bonds is 5. The van der Waals surface area contributed by atoms with Crippen LogP contribution < -0.4 is 4.90 Å². The largest absolute Gasteiger partial charge is 0.320 e. The van der Waals surface area contributed by atoms with Crippen LogP contribution in [0.25, 0.3) is 44.0 Å². The predicted octanol–water partition coefficient (Wildman–Crippen LogP) is 11.0. The van der Waals surface area contributed by atoms with Crippen molar-refractivity contribution in [1.82, 2.24) is 9.55 Å². The van der Waals surface area contributed by atoms with Crippen molar-refractivity contribution in [2.75, 3.05) is 4.90 Å². The van der Waals surface area contributed by atoms with Crippen LogP contribution in [0.3, 0.4) is 0 Å². The Morgan fingerprint density at radius 1 is 0.500 bits per heavy atom. The van der Waals surface area contributed by atoms with Gasteiger partial charge in [-0.3, -0.25) is 0 Å². The van der Waals surface area contributed by atoms with Gasteiger partial charge in [0.1, 0.15) is 5.82 Å². The van der Waals surface area contributed by atoms with Gasteiger partial charge in [-0.1, -0.05) is 104 Å². The van der Waals surface area contributed by atoms with Gasteiger partial charge in [-0.05, 0) is 72.1 Å². The summed E-state index contributed by atoms with van der Waals surface area (Å²) in [5, 5.41) is 5.11. The molecule has 8 rings (SSSR count). The lowest BCUT2D eigenvalue weighted by Gasteiger charge is -2.27. The molecule has 7 aromatic rings. The second-order valence-corrected chi connectivity index (χ2v) is 11.4. The number of aromatic nitrogens is 2. The summed E-state index contributed by atoms with van der Waals surface area (Å²) < 4.78 is 2.60. The van der Waals surface area contributed by atoms with Crippen LogP contribution >= 0.6 is 0 Å². The van der Waals surface area contributed by atoms with Crippen LogP contribution in [0.15, 0.2) is 133 Å². The van der Waals surface area contributed by atoms with Crippen molar-refractivity contribution in [1.29, 1.82) is 0 Å². The first-order valence-electron chi connectivity index (χ1n) is 15.2. The summed E-state index contributed by atoms with van der Waals surface area (Å²) in [4.78, 5) is 7.79. The minimum absolute atomic E-state index is 0.452. The molecule has 1 aliphatic rings. The van der Waals surface area contributed by atoms with Crippen LogP contribution in [-0.4, -0.2) is 9.55 Å². The molecule has 0 amide bonds. The number of anilines is 3. The van der Waals surface area contributed by atoms with E-state index in [1.807, 2.05) is 0 Å². The number of imidazole rings is 1. The van der Waals surface area contributed by atoms with E-state index in [4.69, 9.17) is 4.98 Å². The smallest absolute Gasteiger partial charge is 0.141 e. The maximum absolute atomic E-state index is 5.48. The van der Waals surface area contributed by atoms with E-state index < -0.39 is 0 Å². The third-order valence-corrected chi connectivity index (χ3v) is 8.92. The lowest BCUT2D eigenvalue weighted by molar-refractivity contribution is 0.362. The van der Waals surface area contributed by atoms with Crippen LogP contribution in [0, 0.1) is 0 Å². The van der Waals surface area contributed by atoms with Crippen molar-refractivity contribution in [2.24, 2.45) is 0 Å². The quantitative estimate of drug-likeness (QED) is 0.201. The number of hydrogen-bond donors (Lipinski definition) is 0. The summed E-state index contributed by atoms with van der Waals surface area (Å²) in [6.45, 7) is 0. The van der Waals surface area contributed by atoms with E-state index in [0.717, 1.165) is 34.0 Å².